The van der Waals surface area contributed by atoms with Crippen molar-refractivity contribution in [1.82, 2.24) is 4.90 Å². The van der Waals surface area contributed by atoms with Crippen molar-refractivity contribution in [3.63, 3.8) is 0 Å². The normalized spacial score (nSPS) is 20.8. The number of β-lactam (4-membered cyclic amide) rings is 1. The summed E-state index contributed by atoms with van der Waals surface area (Å²) in [5.74, 6) is 0.250. The van der Waals surface area contributed by atoms with E-state index in [1.807, 2.05) is 23.1 Å². The second-order valence-corrected chi connectivity index (χ2v) is 5.48. The van der Waals surface area contributed by atoms with Gasteiger partial charge in [0.2, 0.25) is 5.91 Å². The first-order valence-electron chi connectivity index (χ1n) is 6.04. The first-order chi connectivity index (χ1) is 7.98. The van der Waals surface area contributed by atoms with Crippen molar-refractivity contribution < 1.29 is 4.79 Å². The molecule has 1 aromatic carbocycles. The Bertz CT molecular complexity index is 428. The predicted octanol–water partition coefficient (Wildman–Crippen LogP) is 3.10. The minimum absolute atomic E-state index is 0.0823. The number of hydrogen-bond acceptors (Lipinski definition) is 1. The summed E-state index contributed by atoms with van der Waals surface area (Å²) in [6.07, 6.45) is 4.86. The molecule has 2 rings (SSSR count). The van der Waals surface area contributed by atoms with Gasteiger partial charge in [-0.1, -0.05) is 42.5 Å². The van der Waals surface area contributed by atoms with E-state index in [2.05, 4.69) is 45.1 Å². The van der Waals surface area contributed by atoms with E-state index in [-0.39, 0.29) is 17.5 Å². The molecule has 0 aromatic heterocycles. The number of benzene rings is 1. The molecule has 0 aliphatic carbocycles. The SMILES string of the molecule is CC(C)(C)N1C(=O)CC1/C=C/c1ccccc1. The lowest BCUT2D eigenvalue weighted by Gasteiger charge is -2.48. The van der Waals surface area contributed by atoms with Crippen LogP contribution in [0.1, 0.15) is 32.8 Å². The van der Waals surface area contributed by atoms with Crippen LogP contribution in [0.4, 0.5) is 0 Å². The third kappa shape index (κ3) is 2.57. The molecule has 1 aromatic rings. The lowest BCUT2D eigenvalue weighted by Crippen LogP contribution is -2.60. The molecule has 1 unspecified atom stereocenters. The van der Waals surface area contributed by atoms with Gasteiger partial charge in [-0.05, 0) is 26.3 Å². The van der Waals surface area contributed by atoms with Crippen molar-refractivity contribution >= 4 is 12.0 Å². The van der Waals surface area contributed by atoms with Gasteiger partial charge in [-0.25, -0.2) is 0 Å². The van der Waals surface area contributed by atoms with E-state index >= 15 is 0 Å². The molecule has 2 nitrogen and oxygen atoms in total. The van der Waals surface area contributed by atoms with E-state index in [9.17, 15) is 4.79 Å². The van der Waals surface area contributed by atoms with Gasteiger partial charge in [-0.15, -0.1) is 0 Å². The third-order valence-electron chi connectivity index (χ3n) is 3.02. The number of likely N-dealkylation sites (tertiary alicyclic amines) is 1. The second-order valence-electron chi connectivity index (χ2n) is 5.48. The van der Waals surface area contributed by atoms with Gasteiger partial charge in [0.05, 0.1) is 12.5 Å². The highest BCUT2D eigenvalue weighted by molar-refractivity contribution is 5.85. The molecule has 1 aliphatic rings. The second kappa shape index (κ2) is 4.36. The van der Waals surface area contributed by atoms with Crippen LogP contribution in [0.3, 0.4) is 0 Å². The van der Waals surface area contributed by atoms with Crippen LogP contribution in [0.25, 0.3) is 6.08 Å². The monoisotopic (exact) mass is 229 g/mol. The maximum absolute atomic E-state index is 11.6. The summed E-state index contributed by atoms with van der Waals surface area (Å²) in [5.41, 5.74) is 1.10. The fraction of sp³-hybridized carbons (Fsp3) is 0.400. The molecule has 1 heterocycles. The number of carbonyl (C=O) groups excluding carboxylic acids is 1. The molecule has 1 amide bonds. The molecular weight excluding hydrogens is 210 g/mol. The standard InChI is InChI=1S/C15H19NO/c1-15(2,3)16-13(11-14(16)17)10-9-12-7-5-4-6-8-12/h4-10,13H,11H2,1-3H3/b10-9+. The summed E-state index contributed by atoms with van der Waals surface area (Å²) in [6, 6.07) is 10.4. The van der Waals surface area contributed by atoms with Gasteiger partial charge in [-0.3, -0.25) is 4.79 Å². The molecule has 1 atom stereocenters. The molecule has 0 radical (unpaired) electrons. The summed E-state index contributed by atoms with van der Waals surface area (Å²) in [7, 11) is 0. The number of rotatable bonds is 2. The molecular formula is C15H19NO. The van der Waals surface area contributed by atoms with Crippen molar-refractivity contribution in [3.05, 3.63) is 42.0 Å². The average Bonchev–Trinajstić information content (AvgIpc) is 2.22. The number of hydrogen-bond donors (Lipinski definition) is 0. The Balaban J connectivity index is 2.06. The fourth-order valence-electron chi connectivity index (χ4n) is 2.25. The van der Waals surface area contributed by atoms with Crippen molar-refractivity contribution in [1.29, 1.82) is 0 Å². The summed E-state index contributed by atoms with van der Waals surface area (Å²) in [6.45, 7) is 6.23. The topological polar surface area (TPSA) is 20.3 Å². The Morgan fingerprint density at radius 2 is 1.88 bits per heavy atom. The molecule has 0 bridgehead atoms. The van der Waals surface area contributed by atoms with Crippen LogP contribution in [0.2, 0.25) is 0 Å². The molecule has 17 heavy (non-hydrogen) atoms. The first-order valence-corrected chi connectivity index (χ1v) is 6.04. The quantitative estimate of drug-likeness (QED) is 0.714. The molecule has 90 valence electrons. The Labute approximate surface area is 103 Å². The van der Waals surface area contributed by atoms with E-state index in [0.29, 0.717) is 6.42 Å². The number of amides is 1. The van der Waals surface area contributed by atoms with Crippen molar-refractivity contribution in [3.8, 4) is 0 Å². The molecule has 0 saturated carbocycles. The highest BCUT2D eigenvalue weighted by atomic mass is 16.2. The van der Waals surface area contributed by atoms with E-state index in [1.54, 1.807) is 0 Å². The van der Waals surface area contributed by atoms with Gasteiger partial charge in [0.15, 0.2) is 0 Å². The minimum atomic E-state index is -0.0823. The predicted molar refractivity (Wildman–Crippen MR) is 70.5 cm³/mol. The van der Waals surface area contributed by atoms with Crippen LogP contribution in [-0.4, -0.2) is 22.4 Å². The molecule has 1 saturated heterocycles. The molecule has 1 fully saturated rings. The third-order valence-corrected chi connectivity index (χ3v) is 3.02. The van der Waals surface area contributed by atoms with E-state index < -0.39 is 0 Å². The molecule has 0 N–H and O–H groups in total. The summed E-state index contributed by atoms with van der Waals surface area (Å²) in [4.78, 5) is 13.5. The minimum Gasteiger partial charge on any atom is -0.331 e. The van der Waals surface area contributed by atoms with Crippen molar-refractivity contribution in [2.24, 2.45) is 0 Å². The zero-order valence-electron chi connectivity index (χ0n) is 10.7. The van der Waals surface area contributed by atoms with Crippen LogP contribution >= 0.6 is 0 Å². The van der Waals surface area contributed by atoms with Crippen LogP contribution < -0.4 is 0 Å². The Morgan fingerprint density at radius 3 is 2.41 bits per heavy atom. The zero-order valence-corrected chi connectivity index (χ0v) is 10.7. The number of carbonyl (C=O) groups is 1. The zero-order chi connectivity index (χ0) is 12.5. The van der Waals surface area contributed by atoms with Gasteiger partial charge >= 0.3 is 0 Å². The fourth-order valence-corrected chi connectivity index (χ4v) is 2.25. The van der Waals surface area contributed by atoms with Gasteiger partial charge in [-0.2, -0.15) is 0 Å². The van der Waals surface area contributed by atoms with E-state index in [0.717, 1.165) is 0 Å². The average molecular weight is 229 g/mol. The van der Waals surface area contributed by atoms with Gasteiger partial charge < -0.3 is 4.90 Å². The maximum Gasteiger partial charge on any atom is 0.225 e. The highest BCUT2D eigenvalue weighted by Gasteiger charge is 2.40. The molecule has 2 heteroatoms. The summed E-state index contributed by atoms with van der Waals surface area (Å²) in [5, 5.41) is 0. The van der Waals surface area contributed by atoms with Crippen LogP contribution in [0, 0.1) is 0 Å². The molecule has 1 aliphatic heterocycles. The van der Waals surface area contributed by atoms with Gasteiger partial charge in [0.1, 0.15) is 0 Å². The van der Waals surface area contributed by atoms with Crippen LogP contribution in [-0.2, 0) is 4.79 Å². The Kier molecular flexibility index (Phi) is 3.05. The number of nitrogens with zero attached hydrogens (tertiary/aromatic N) is 1. The van der Waals surface area contributed by atoms with Gasteiger partial charge in [0, 0.05) is 5.54 Å². The summed E-state index contributed by atoms with van der Waals surface area (Å²) >= 11 is 0. The van der Waals surface area contributed by atoms with Crippen LogP contribution in [0.15, 0.2) is 36.4 Å². The van der Waals surface area contributed by atoms with E-state index in [4.69, 9.17) is 0 Å². The summed E-state index contributed by atoms with van der Waals surface area (Å²) < 4.78 is 0. The van der Waals surface area contributed by atoms with Crippen LogP contribution in [0.5, 0.6) is 0 Å². The maximum atomic E-state index is 11.6. The first kappa shape index (κ1) is 11.9. The molecule has 0 spiro atoms. The largest absolute Gasteiger partial charge is 0.331 e. The van der Waals surface area contributed by atoms with Crippen molar-refractivity contribution in [2.75, 3.05) is 0 Å². The highest BCUT2D eigenvalue weighted by Crippen LogP contribution is 2.29. The smallest absolute Gasteiger partial charge is 0.225 e. The lowest BCUT2D eigenvalue weighted by molar-refractivity contribution is -0.150. The Hall–Kier alpha value is -1.57. The van der Waals surface area contributed by atoms with E-state index in [1.165, 1.54) is 5.56 Å². The van der Waals surface area contributed by atoms with Gasteiger partial charge in [0.25, 0.3) is 0 Å². The Morgan fingerprint density at radius 1 is 1.24 bits per heavy atom. The van der Waals surface area contributed by atoms with Crippen molar-refractivity contribution in [2.45, 2.75) is 38.8 Å². The lowest BCUT2D eigenvalue weighted by atomic mass is 9.92.